The highest BCUT2D eigenvalue weighted by Gasteiger charge is 2.12. The highest BCUT2D eigenvalue weighted by atomic mass is 32.1. The highest BCUT2D eigenvalue weighted by molar-refractivity contribution is 7.82. The summed E-state index contributed by atoms with van der Waals surface area (Å²) in [5.74, 6) is 0. The van der Waals surface area contributed by atoms with Crippen LogP contribution in [0.3, 0.4) is 0 Å². The summed E-state index contributed by atoms with van der Waals surface area (Å²) >= 11 is 4.13. The Morgan fingerprint density at radius 2 is 2.00 bits per heavy atom. The summed E-state index contributed by atoms with van der Waals surface area (Å²) in [6.07, 6.45) is 0. The van der Waals surface area contributed by atoms with Crippen molar-refractivity contribution >= 4 is 12.6 Å². The summed E-state index contributed by atoms with van der Waals surface area (Å²) in [7, 11) is 1.69. The molecule has 0 N–H and O–H groups in total. The lowest BCUT2D eigenvalue weighted by atomic mass is 10.2. The van der Waals surface area contributed by atoms with Gasteiger partial charge in [-0.1, -0.05) is 4.85 Å². The van der Waals surface area contributed by atoms with Crippen LogP contribution in [-0.2, 0) is 0 Å². The van der Waals surface area contributed by atoms with E-state index in [1.807, 2.05) is 13.8 Å². The van der Waals surface area contributed by atoms with Gasteiger partial charge in [0.1, 0.15) is 4.75 Å². The van der Waals surface area contributed by atoms with Crippen molar-refractivity contribution in [1.82, 2.24) is 0 Å². The second-order valence-electron chi connectivity index (χ2n) is 1.89. The highest BCUT2D eigenvalue weighted by Crippen LogP contribution is 2.08. The number of hydrogen-bond donors (Lipinski definition) is 1. The Labute approximate surface area is 50.0 Å². The maximum absolute atomic E-state index is 4.13. The zero-order chi connectivity index (χ0) is 5.91. The van der Waals surface area contributed by atoms with E-state index in [-0.39, 0.29) is 4.75 Å². The Kier molecular flexibility index (Phi) is 2.17. The normalized spacial score (nSPS) is 9.71. The van der Waals surface area contributed by atoms with Crippen LogP contribution in [0.5, 0.6) is 0 Å². The Morgan fingerprint density at radius 1 is 1.57 bits per heavy atom. The molecule has 0 aliphatic carbocycles. The summed E-state index contributed by atoms with van der Waals surface area (Å²) in [4.78, 5) is 3.68. The Hall–Kier alpha value is -0.160. The first-order chi connectivity index (χ1) is 3.06. The minimum Gasteiger partial charge on any atom is -0.154 e. The molecule has 0 saturated heterocycles. The average Bonchev–Trinajstić information content (AvgIpc) is 1.30. The maximum Gasteiger partial charge on any atom is 0.289 e. The molecule has 0 bridgehead atoms. The van der Waals surface area contributed by atoms with Gasteiger partial charge < -0.3 is 0 Å². The van der Waals surface area contributed by atoms with Crippen molar-refractivity contribution in [2.24, 2.45) is 0 Å². The smallest absolute Gasteiger partial charge is 0.154 e. The van der Waals surface area contributed by atoms with E-state index in [4.69, 9.17) is 0 Å². The van der Waals surface area contributed by atoms with Gasteiger partial charge in [-0.25, -0.2) is 0 Å². The summed E-state index contributed by atoms with van der Waals surface area (Å²) in [5.41, 5.74) is 0. The predicted molar refractivity (Wildman–Crippen MR) is 36.2 cm³/mol. The number of nitrogens with zero attached hydrogens (tertiary/aromatic N) is 1. The predicted octanol–water partition coefficient (Wildman–Crippen LogP) is 1.66. The molecule has 0 aromatic rings. The van der Waals surface area contributed by atoms with Crippen LogP contribution >= 0.6 is 12.6 Å². The molecule has 0 radical (unpaired) electrons. The fourth-order valence-corrected chi connectivity index (χ4v) is 0.374. The molecule has 0 aliphatic rings. The molecule has 40 valence electrons. The largest absolute Gasteiger partial charge is 0.289 e. The molecular weight excluding hydrogens is 106 g/mol. The molecular formula is C5H10NS+. The van der Waals surface area contributed by atoms with E-state index in [0.29, 0.717) is 0 Å². The monoisotopic (exact) mass is 116 g/mol. The molecule has 0 spiro atoms. The van der Waals surface area contributed by atoms with Gasteiger partial charge >= 0.3 is 0 Å². The molecule has 0 unspecified atom stereocenters. The topological polar surface area (TPSA) is 4.36 Å². The summed E-state index contributed by atoms with van der Waals surface area (Å²) in [6, 6.07) is 2.77. The van der Waals surface area contributed by atoms with Crippen LogP contribution in [0.15, 0.2) is 0 Å². The van der Waals surface area contributed by atoms with Gasteiger partial charge in [0, 0.05) is 0 Å². The third-order valence-electron chi connectivity index (χ3n) is 0.385. The van der Waals surface area contributed by atoms with Crippen LogP contribution in [0.2, 0.25) is 0 Å². The van der Waals surface area contributed by atoms with Crippen molar-refractivity contribution in [2.75, 3.05) is 7.05 Å². The molecule has 7 heavy (non-hydrogen) atoms. The fourth-order valence-electron chi connectivity index (χ4n) is 0.274. The lowest BCUT2D eigenvalue weighted by Gasteiger charge is -1.95. The summed E-state index contributed by atoms with van der Waals surface area (Å²) < 4.78 is -0.172. The number of thiol groups is 1. The van der Waals surface area contributed by atoms with Gasteiger partial charge in [-0.15, -0.1) is 0 Å². The second kappa shape index (κ2) is 2.23. The van der Waals surface area contributed by atoms with E-state index < -0.39 is 0 Å². The Balaban J connectivity index is 3.72. The first kappa shape index (κ1) is 6.84. The van der Waals surface area contributed by atoms with Crippen LogP contribution in [0.1, 0.15) is 13.8 Å². The molecule has 0 aromatic carbocycles. The second-order valence-corrected chi connectivity index (χ2v) is 3.01. The summed E-state index contributed by atoms with van der Waals surface area (Å²) in [5, 5.41) is 0. The molecule has 1 nitrogen and oxygen atoms in total. The SMILES string of the molecule is C[N+]#CC(C)(C)S. The minimum absolute atomic E-state index is 0.172. The van der Waals surface area contributed by atoms with Crippen molar-refractivity contribution < 1.29 is 0 Å². The van der Waals surface area contributed by atoms with Crippen molar-refractivity contribution in [2.45, 2.75) is 18.6 Å². The maximum atomic E-state index is 4.13. The Bertz CT molecular complexity index is 101. The van der Waals surface area contributed by atoms with Crippen LogP contribution in [0.4, 0.5) is 0 Å². The van der Waals surface area contributed by atoms with Crippen LogP contribution < -0.4 is 0 Å². The lowest BCUT2D eigenvalue weighted by Crippen LogP contribution is -2.03. The zero-order valence-corrected chi connectivity index (χ0v) is 5.79. The standard InChI is InChI=1S/C5H9NS/c1-5(2,7)4-6-3/h1-3H3/p+1. The van der Waals surface area contributed by atoms with Gasteiger partial charge in [0.25, 0.3) is 13.1 Å². The van der Waals surface area contributed by atoms with Gasteiger partial charge in [0.15, 0.2) is 0 Å². The van der Waals surface area contributed by atoms with E-state index in [2.05, 4.69) is 23.5 Å². The minimum atomic E-state index is -0.172. The first-order valence-electron chi connectivity index (χ1n) is 2.14. The van der Waals surface area contributed by atoms with Crippen molar-refractivity contribution in [3.05, 3.63) is 4.85 Å². The summed E-state index contributed by atoms with van der Waals surface area (Å²) in [6.45, 7) is 3.87. The zero-order valence-electron chi connectivity index (χ0n) is 4.89. The lowest BCUT2D eigenvalue weighted by molar-refractivity contribution is 0.941. The van der Waals surface area contributed by atoms with Crippen molar-refractivity contribution in [3.63, 3.8) is 0 Å². The number of rotatable bonds is 0. The molecule has 2 heteroatoms. The van der Waals surface area contributed by atoms with Gasteiger partial charge in [0.05, 0.1) is 0 Å². The average molecular weight is 116 g/mol. The van der Waals surface area contributed by atoms with Gasteiger partial charge in [-0.2, -0.15) is 12.6 Å². The van der Waals surface area contributed by atoms with Crippen molar-refractivity contribution in [3.8, 4) is 6.07 Å². The van der Waals surface area contributed by atoms with E-state index >= 15 is 0 Å². The molecule has 0 atom stereocenters. The van der Waals surface area contributed by atoms with Gasteiger partial charge in [-0.3, -0.25) is 0 Å². The van der Waals surface area contributed by atoms with Crippen LogP contribution in [0, 0.1) is 6.07 Å². The molecule has 0 fully saturated rings. The quantitative estimate of drug-likeness (QED) is 0.459. The van der Waals surface area contributed by atoms with Crippen molar-refractivity contribution in [1.29, 1.82) is 0 Å². The Morgan fingerprint density at radius 3 is 2.00 bits per heavy atom. The van der Waals surface area contributed by atoms with E-state index in [1.165, 1.54) is 0 Å². The van der Waals surface area contributed by atoms with E-state index in [9.17, 15) is 0 Å². The molecule has 0 rings (SSSR count). The first-order valence-corrected chi connectivity index (χ1v) is 2.59. The third kappa shape index (κ3) is 5.84. The van der Waals surface area contributed by atoms with Crippen LogP contribution in [-0.4, -0.2) is 11.8 Å². The number of hydrogen-bond acceptors (Lipinski definition) is 1. The fraction of sp³-hybridized carbons (Fsp3) is 0.800. The van der Waals surface area contributed by atoms with E-state index in [0.717, 1.165) is 0 Å². The van der Waals surface area contributed by atoms with Crippen LogP contribution in [0.25, 0.3) is 4.85 Å². The molecule has 0 heterocycles. The van der Waals surface area contributed by atoms with E-state index in [1.54, 1.807) is 7.05 Å². The molecule has 0 saturated carbocycles. The third-order valence-corrected chi connectivity index (χ3v) is 0.485. The van der Waals surface area contributed by atoms with Gasteiger partial charge in [-0.05, 0) is 13.8 Å². The molecule has 0 aliphatic heterocycles. The van der Waals surface area contributed by atoms with Gasteiger partial charge in [0.2, 0.25) is 0 Å². The molecule has 0 aromatic heterocycles. The molecule has 0 amide bonds.